The number of fused-ring (bicyclic) bond motifs is 3. The Morgan fingerprint density at radius 1 is 0.647 bits per heavy atom. The number of benzene rings is 5. The molecule has 0 N–H and O–H groups in total. The summed E-state index contributed by atoms with van der Waals surface area (Å²) in [6.07, 6.45) is 4.01. The Morgan fingerprint density at radius 2 is 1.22 bits per heavy atom. The van der Waals surface area contributed by atoms with Crippen LogP contribution in [-0.4, -0.2) is 9.55 Å². The summed E-state index contributed by atoms with van der Waals surface area (Å²) in [6.45, 7) is 7.20. The molecule has 2 heterocycles. The molecule has 1 aliphatic heterocycles. The highest BCUT2D eigenvalue weighted by Gasteiger charge is 2.26. The first-order valence-electron chi connectivity index (χ1n) is 17.7. The van der Waals surface area contributed by atoms with Crippen LogP contribution in [0.5, 0.6) is 0 Å². The van der Waals surface area contributed by atoms with E-state index in [4.69, 9.17) is 0 Å². The van der Waals surface area contributed by atoms with E-state index in [0.29, 0.717) is 0 Å². The van der Waals surface area contributed by atoms with E-state index in [1.807, 2.05) is 48.5 Å². The Hall–Kier alpha value is -6.04. The van der Waals surface area contributed by atoms with E-state index in [9.17, 15) is 15.3 Å². The van der Waals surface area contributed by atoms with Gasteiger partial charge in [0.15, 0.2) is 0 Å². The van der Waals surface area contributed by atoms with Crippen LogP contribution in [0.1, 0.15) is 65.4 Å². The molecule has 5 aromatic carbocycles. The molecule has 250 valence electrons. The molecule has 0 bridgehead atoms. The van der Waals surface area contributed by atoms with Crippen molar-refractivity contribution in [1.82, 2.24) is 9.55 Å². The fraction of sp³-hybridized carbons (Fsp3) is 0.217. The minimum atomic E-state index is -0.198. The highest BCUT2D eigenvalue weighted by molar-refractivity contribution is 5.85. The van der Waals surface area contributed by atoms with E-state index in [-0.39, 0.29) is 11.0 Å². The Kier molecular flexibility index (Phi) is 9.22. The third kappa shape index (κ3) is 7.03. The third-order valence-corrected chi connectivity index (χ3v) is 9.99. The summed E-state index contributed by atoms with van der Waals surface area (Å²) in [4.78, 5) is 17.2. The molecule has 5 nitrogen and oxygen atoms in total. The van der Waals surface area contributed by atoms with Crippen LogP contribution in [0.4, 0.5) is 0 Å². The third-order valence-electron chi connectivity index (χ3n) is 9.99. The van der Waals surface area contributed by atoms with Gasteiger partial charge in [-0.2, -0.15) is 15.5 Å². The summed E-state index contributed by atoms with van der Waals surface area (Å²) in [5.74, 6) is 0.752. The smallest absolute Gasteiger partial charge is 0.273 e. The normalized spacial score (nSPS) is 12.0. The lowest BCUT2D eigenvalue weighted by Crippen LogP contribution is -2.29. The lowest BCUT2D eigenvalue weighted by Gasteiger charge is -2.30. The van der Waals surface area contributed by atoms with Crippen molar-refractivity contribution in [1.29, 1.82) is 10.5 Å². The number of hydrogen-bond acceptors (Lipinski definition) is 4. The predicted molar refractivity (Wildman–Crippen MR) is 204 cm³/mol. The van der Waals surface area contributed by atoms with Crippen molar-refractivity contribution >= 4 is 0 Å². The second-order valence-corrected chi connectivity index (χ2v) is 14.4. The summed E-state index contributed by atoms with van der Waals surface area (Å²) in [7, 11) is 0. The zero-order chi connectivity index (χ0) is 35.5. The Balaban J connectivity index is 1.27. The Bertz CT molecular complexity index is 2340. The molecule has 0 unspecified atom stereocenters. The number of aryl methyl sites for hydroxylation is 5. The minimum absolute atomic E-state index is 0.168. The maximum absolute atomic E-state index is 12.7. The van der Waals surface area contributed by atoms with Crippen LogP contribution in [0.25, 0.3) is 33.6 Å². The summed E-state index contributed by atoms with van der Waals surface area (Å²) in [5, 5.41) is 19.4. The lowest BCUT2D eigenvalue weighted by atomic mass is 9.87. The fourth-order valence-corrected chi connectivity index (χ4v) is 7.42. The molecule has 1 aromatic heterocycles. The zero-order valence-corrected chi connectivity index (χ0v) is 29.4. The lowest BCUT2D eigenvalue weighted by molar-refractivity contribution is 0.500. The van der Waals surface area contributed by atoms with Gasteiger partial charge in [0, 0.05) is 29.3 Å². The van der Waals surface area contributed by atoms with Crippen molar-refractivity contribution < 1.29 is 0 Å². The molecule has 6 aromatic rings. The van der Waals surface area contributed by atoms with Crippen molar-refractivity contribution in [2.45, 2.75) is 64.8 Å². The number of nitrogens with zero attached hydrogens (tertiary/aromatic N) is 4. The molecule has 0 saturated heterocycles. The van der Waals surface area contributed by atoms with Crippen LogP contribution >= 0.6 is 0 Å². The van der Waals surface area contributed by atoms with Crippen molar-refractivity contribution in [3.05, 3.63) is 170 Å². The molecule has 0 spiro atoms. The molecule has 0 radical (unpaired) electrons. The Labute approximate surface area is 300 Å². The van der Waals surface area contributed by atoms with Gasteiger partial charge in [0.05, 0.1) is 23.3 Å². The van der Waals surface area contributed by atoms with Gasteiger partial charge >= 0.3 is 0 Å². The molecule has 0 aliphatic carbocycles. The molecule has 1 aliphatic rings. The van der Waals surface area contributed by atoms with Crippen molar-refractivity contribution in [3.63, 3.8) is 0 Å². The van der Waals surface area contributed by atoms with Crippen LogP contribution < -0.4 is 5.56 Å². The molecule has 0 atom stereocenters. The van der Waals surface area contributed by atoms with Gasteiger partial charge in [-0.05, 0) is 94.3 Å². The van der Waals surface area contributed by atoms with Crippen LogP contribution in [0.3, 0.4) is 0 Å². The summed E-state index contributed by atoms with van der Waals surface area (Å²) >= 11 is 0. The number of nitriles is 2. The topological polar surface area (TPSA) is 82.5 Å². The molecular formula is C46H40N4O. The monoisotopic (exact) mass is 664 g/mol. The van der Waals surface area contributed by atoms with Gasteiger partial charge < -0.3 is 4.57 Å². The van der Waals surface area contributed by atoms with Gasteiger partial charge in [-0.25, -0.2) is 0 Å². The quantitative estimate of drug-likeness (QED) is 0.162. The van der Waals surface area contributed by atoms with Gasteiger partial charge in [0.2, 0.25) is 0 Å². The molecule has 0 saturated carbocycles. The summed E-state index contributed by atoms with van der Waals surface area (Å²) < 4.78 is 2.22. The maximum Gasteiger partial charge on any atom is 0.273 e. The van der Waals surface area contributed by atoms with Gasteiger partial charge in [0.1, 0.15) is 5.82 Å². The minimum Gasteiger partial charge on any atom is -0.328 e. The molecule has 0 fully saturated rings. The average Bonchev–Trinajstić information content (AvgIpc) is 3.15. The van der Waals surface area contributed by atoms with Crippen LogP contribution in [0.2, 0.25) is 0 Å². The number of hydrogen-bond donors (Lipinski definition) is 0. The molecular weight excluding hydrogens is 625 g/mol. The van der Waals surface area contributed by atoms with Gasteiger partial charge in [-0.3, -0.25) is 4.79 Å². The van der Waals surface area contributed by atoms with E-state index in [1.54, 1.807) is 6.07 Å². The SMILES string of the molecule is CC(C)(C)c1cc(=O)nc2n1CCc1cc(-c3ccccc3-c3cc(CCc4ccccc4C#N)cc(CCc4ccccc4C#N)c3)ccc1-2. The van der Waals surface area contributed by atoms with Crippen molar-refractivity contribution in [3.8, 4) is 45.8 Å². The highest BCUT2D eigenvalue weighted by atomic mass is 16.1. The van der Waals surface area contributed by atoms with Crippen LogP contribution in [0.15, 0.2) is 120 Å². The molecule has 5 heteroatoms. The average molecular weight is 665 g/mol. The second-order valence-electron chi connectivity index (χ2n) is 14.4. The molecule has 7 rings (SSSR count). The molecule has 51 heavy (non-hydrogen) atoms. The van der Waals surface area contributed by atoms with E-state index in [1.165, 1.54) is 16.7 Å². The first-order chi connectivity index (χ1) is 24.7. The van der Waals surface area contributed by atoms with E-state index in [0.717, 1.165) is 100 Å². The first kappa shape index (κ1) is 33.5. The summed E-state index contributed by atoms with van der Waals surface area (Å²) in [6, 6.07) is 44.0. The predicted octanol–water partition coefficient (Wildman–Crippen LogP) is 9.41. The maximum atomic E-state index is 12.7. The van der Waals surface area contributed by atoms with Crippen LogP contribution in [0, 0.1) is 22.7 Å². The standard InChI is InChI=1S/C46H40N4O/c1-46(2,3)43-28-44(51)49-45-42-21-20-35(27-36(42)22-23-50(43)45)40-14-8-9-15-41(40)39-25-31(16-18-33-10-4-6-12-37(33)29-47)24-32(26-39)17-19-34-11-5-7-13-38(34)30-48/h4-15,20-21,24-28H,16-19,22-23H2,1-3H3. The largest absolute Gasteiger partial charge is 0.328 e. The van der Waals surface area contributed by atoms with Crippen molar-refractivity contribution in [2.24, 2.45) is 0 Å². The van der Waals surface area contributed by atoms with E-state index < -0.39 is 0 Å². The Morgan fingerprint density at radius 3 is 1.80 bits per heavy atom. The second kappa shape index (κ2) is 14.1. The van der Waals surface area contributed by atoms with Gasteiger partial charge in [0.25, 0.3) is 5.56 Å². The summed E-state index contributed by atoms with van der Waals surface area (Å²) in [5.41, 5.74) is 13.4. The zero-order valence-electron chi connectivity index (χ0n) is 29.4. The fourth-order valence-electron chi connectivity index (χ4n) is 7.42. The van der Waals surface area contributed by atoms with Crippen LogP contribution in [-0.2, 0) is 44.1 Å². The van der Waals surface area contributed by atoms with Gasteiger partial charge in [-0.15, -0.1) is 0 Å². The number of aromatic nitrogens is 2. The first-order valence-corrected chi connectivity index (χ1v) is 17.7. The van der Waals surface area contributed by atoms with Crippen molar-refractivity contribution in [2.75, 3.05) is 0 Å². The van der Waals surface area contributed by atoms with Gasteiger partial charge in [-0.1, -0.05) is 118 Å². The highest BCUT2D eigenvalue weighted by Crippen LogP contribution is 2.38. The molecule has 0 amide bonds. The van der Waals surface area contributed by atoms with E-state index >= 15 is 0 Å². The van der Waals surface area contributed by atoms with E-state index in [2.05, 4.69) is 103 Å². The number of rotatable bonds is 8.